The molecule has 0 saturated heterocycles. The van der Waals surface area contributed by atoms with Gasteiger partial charge in [-0.3, -0.25) is 0 Å². The molecule has 102 valence electrons. The van der Waals surface area contributed by atoms with E-state index in [1.165, 1.54) is 0 Å². The Bertz CT molecular complexity index is 500. The molecule has 4 heteroatoms. The van der Waals surface area contributed by atoms with Crippen molar-refractivity contribution in [3.63, 3.8) is 0 Å². The Balaban J connectivity index is 2.18. The second-order valence-corrected chi connectivity index (χ2v) is 4.56. The molecule has 0 atom stereocenters. The molecule has 1 aromatic carbocycles. The van der Waals surface area contributed by atoms with Crippen molar-refractivity contribution in [2.75, 3.05) is 13.4 Å². The molecule has 0 spiro atoms. The van der Waals surface area contributed by atoms with Gasteiger partial charge in [-0.05, 0) is 13.0 Å². The molecule has 0 amide bonds. The number of ether oxygens (including phenoxy) is 3. The molecule has 19 heavy (non-hydrogen) atoms. The van der Waals surface area contributed by atoms with Crippen LogP contribution < -0.4 is 19.5 Å². The standard InChI is InChI=1S/C15H19NO3/c1-4-5-6-17-13-8-15-14(18-10-19-15)7-12(13)9-16-11(2)3/h7-8,11,16H,6,9-10H2,1-3H3. The van der Waals surface area contributed by atoms with Crippen LogP contribution in [0.15, 0.2) is 12.1 Å². The van der Waals surface area contributed by atoms with Crippen molar-refractivity contribution in [2.45, 2.75) is 33.4 Å². The summed E-state index contributed by atoms with van der Waals surface area (Å²) in [6.07, 6.45) is 0. The Morgan fingerprint density at radius 3 is 2.74 bits per heavy atom. The van der Waals surface area contributed by atoms with Crippen LogP contribution in [-0.4, -0.2) is 19.4 Å². The summed E-state index contributed by atoms with van der Waals surface area (Å²) in [5.41, 5.74) is 1.05. The van der Waals surface area contributed by atoms with Crippen LogP contribution in [0.25, 0.3) is 0 Å². The minimum atomic E-state index is 0.268. The molecule has 0 bridgehead atoms. The normalized spacial score (nSPS) is 12.2. The molecular formula is C15H19NO3. The summed E-state index contributed by atoms with van der Waals surface area (Å²) in [5, 5.41) is 3.37. The molecule has 1 aromatic rings. The van der Waals surface area contributed by atoms with Gasteiger partial charge in [0, 0.05) is 24.2 Å². The first-order valence-electron chi connectivity index (χ1n) is 6.39. The van der Waals surface area contributed by atoms with Crippen LogP contribution in [-0.2, 0) is 6.54 Å². The highest BCUT2D eigenvalue weighted by Crippen LogP contribution is 2.38. The van der Waals surface area contributed by atoms with Gasteiger partial charge in [0.25, 0.3) is 0 Å². The van der Waals surface area contributed by atoms with Gasteiger partial charge in [-0.25, -0.2) is 0 Å². The van der Waals surface area contributed by atoms with Crippen LogP contribution in [0.1, 0.15) is 26.3 Å². The smallest absolute Gasteiger partial charge is 0.231 e. The van der Waals surface area contributed by atoms with Crippen LogP contribution in [0.5, 0.6) is 17.2 Å². The zero-order chi connectivity index (χ0) is 13.7. The lowest BCUT2D eigenvalue weighted by atomic mass is 10.1. The maximum absolute atomic E-state index is 5.69. The summed E-state index contributed by atoms with van der Waals surface area (Å²) in [7, 11) is 0. The van der Waals surface area contributed by atoms with Crippen molar-refractivity contribution < 1.29 is 14.2 Å². The highest BCUT2D eigenvalue weighted by Gasteiger charge is 2.18. The fraction of sp³-hybridized carbons (Fsp3) is 0.467. The van der Waals surface area contributed by atoms with E-state index in [0.29, 0.717) is 12.6 Å². The van der Waals surface area contributed by atoms with Gasteiger partial charge in [0.2, 0.25) is 6.79 Å². The summed E-state index contributed by atoms with van der Waals surface area (Å²) in [5.74, 6) is 8.00. The Morgan fingerprint density at radius 1 is 1.32 bits per heavy atom. The van der Waals surface area contributed by atoms with Crippen LogP contribution in [0.3, 0.4) is 0 Å². The minimum absolute atomic E-state index is 0.268. The SMILES string of the molecule is CC#CCOc1cc2c(cc1CNC(C)C)OCO2. The Kier molecular flexibility index (Phi) is 4.53. The number of hydrogen-bond acceptors (Lipinski definition) is 4. The quantitative estimate of drug-likeness (QED) is 0.826. The van der Waals surface area contributed by atoms with Crippen molar-refractivity contribution in [1.82, 2.24) is 5.32 Å². The first kappa shape index (κ1) is 13.6. The highest BCUT2D eigenvalue weighted by atomic mass is 16.7. The zero-order valence-corrected chi connectivity index (χ0v) is 11.6. The van der Waals surface area contributed by atoms with E-state index in [1.54, 1.807) is 6.92 Å². The number of benzene rings is 1. The molecule has 0 fully saturated rings. The number of fused-ring (bicyclic) bond motifs is 1. The Labute approximate surface area is 114 Å². The van der Waals surface area contributed by atoms with Crippen LogP contribution in [0.4, 0.5) is 0 Å². The van der Waals surface area contributed by atoms with Gasteiger partial charge in [0.15, 0.2) is 11.5 Å². The molecule has 0 aliphatic carbocycles. The molecule has 1 aliphatic rings. The van der Waals surface area contributed by atoms with Gasteiger partial charge in [0.05, 0.1) is 0 Å². The van der Waals surface area contributed by atoms with Gasteiger partial charge < -0.3 is 19.5 Å². The van der Waals surface area contributed by atoms with Gasteiger partial charge >= 0.3 is 0 Å². The number of rotatable bonds is 5. The van der Waals surface area contributed by atoms with Gasteiger partial charge in [0.1, 0.15) is 12.4 Å². The molecular weight excluding hydrogens is 242 g/mol. The van der Waals surface area contributed by atoms with Crippen LogP contribution in [0.2, 0.25) is 0 Å². The van der Waals surface area contributed by atoms with Crippen molar-refractivity contribution >= 4 is 0 Å². The lowest BCUT2D eigenvalue weighted by molar-refractivity contribution is 0.174. The third-order valence-electron chi connectivity index (χ3n) is 2.73. The largest absolute Gasteiger partial charge is 0.480 e. The van der Waals surface area contributed by atoms with E-state index in [4.69, 9.17) is 14.2 Å². The summed E-state index contributed by atoms with van der Waals surface area (Å²) >= 11 is 0. The first-order chi connectivity index (χ1) is 9.20. The molecule has 0 radical (unpaired) electrons. The average Bonchev–Trinajstić information content (AvgIpc) is 2.83. The van der Waals surface area contributed by atoms with Crippen molar-refractivity contribution in [1.29, 1.82) is 0 Å². The van der Waals surface area contributed by atoms with Crippen LogP contribution in [0, 0.1) is 11.8 Å². The van der Waals surface area contributed by atoms with Crippen molar-refractivity contribution in [2.24, 2.45) is 0 Å². The third-order valence-corrected chi connectivity index (χ3v) is 2.73. The molecule has 1 aliphatic heterocycles. The van der Waals surface area contributed by atoms with E-state index in [-0.39, 0.29) is 6.79 Å². The minimum Gasteiger partial charge on any atom is -0.480 e. The van der Waals surface area contributed by atoms with Gasteiger partial charge in [-0.15, -0.1) is 5.92 Å². The van der Waals surface area contributed by atoms with E-state index in [2.05, 4.69) is 31.0 Å². The number of hydrogen-bond donors (Lipinski definition) is 1. The average molecular weight is 261 g/mol. The Morgan fingerprint density at radius 2 is 2.05 bits per heavy atom. The van der Waals surface area contributed by atoms with E-state index < -0.39 is 0 Å². The van der Waals surface area contributed by atoms with Gasteiger partial charge in [-0.2, -0.15) is 0 Å². The predicted molar refractivity (Wildman–Crippen MR) is 73.5 cm³/mol. The van der Waals surface area contributed by atoms with Crippen molar-refractivity contribution in [3.05, 3.63) is 17.7 Å². The highest BCUT2D eigenvalue weighted by molar-refractivity contribution is 5.52. The monoisotopic (exact) mass is 261 g/mol. The predicted octanol–water partition coefficient (Wildman–Crippen LogP) is 2.32. The molecule has 2 rings (SSSR count). The molecule has 0 aromatic heterocycles. The van der Waals surface area contributed by atoms with E-state index >= 15 is 0 Å². The molecule has 1 N–H and O–H groups in total. The second-order valence-electron chi connectivity index (χ2n) is 4.56. The summed E-state index contributed by atoms with van der Waals surface area (Å²) in [6, 6.07) is 4.25. The summed E-state index contributed by atoms with van der Waals surface area (Å²) in [4.78, 5) is 0. The van der Waals surface area contributed by atoms with Gasteiger partial charge in [-0.1, -0.05) is 19.8 Å². The lowest BCUT2D eigenvalue weighted by Crippen LogP contribution is -2.22. The van der Waals surface area contributed by atoms with E-state index in [9.17, 15) is 0 Å². The fourth-order valence-electron chi connectivity index (χ4n) is 1.74. The number of nitrogens with one attached hydrogen (secondary N) is 1. The topological polar surface area (TPSA) is 39.7 Å². The first-order valence-corrected chi connectivity index (χ1v) is 6.39. The maximum atomic E-state index is 5.69. The Hall–Kier alpha value is -1.86. The second kappa shape index (κ2) is 6.35. The lowest BCUT2D eigenvalue weighted by Gasteiger charge is -2.13. The third kappa shape index (κ3) is 3.55. The summed E-state index contributed by atoms with van der Waals surface area (Å²) in [6.45, 7) is 7.38. The fourth-order valence-corrected chi connectivity index (χ4v) is 1.74. The van der Waals surface area contributed by atoms with Crippen molar-refractivity contribution in [3.8, 4) is 29.1 Å². The molecule has 4 nitrogen and oxygen atoms in total. The molecule has 0 unspecified atom stereocenters. The van der Waals surface area contributed by atoms with E-state index in [0.717, 1.165) is 29.4 Å². The zero-order valence-electron chi connectivity index (χ0n) is 11.6. The van der Waals surface area contributed by atoms with E-state index in [1.807, 2.05) is 12.1 Å². The maximum Gasteiger partial charge on any atom is 0.231 e. The van der Waals surface area contributed by atoms with Crippen LogP contribution >= 0.6 is 0 Å². The summed E-state index contributed by atoms with van der Waals surface area (Å²) < 4.78 is 16.4. The molecule has 0 saturated carbocycles. The molecule has 1 heterocycles.